The lowest BCUT2D eigenvalue weighted by molar-refractivity contribution is 1.08. The van der Waals surface area contributed by atoms with Gasteiger partial charge in [0.25, 0.3) is 0 Å². The fourth-order valence-corrected chi connectivity index (χ4v) is 4.24. The maximum atomic E-state index is 4.64. The Morgan fingerprint density at radius 2 is 1.52 bits per heavy atom. The van der Waals surface area contributed by atoms with E-state index in [4.69, 9.17) is 0 Å². The number of nitrogens with zero attached hydrogens (tertiary/aromatic N) is 3. The third-order valence-electron chi connectivity index (χ3n) is 5.53. The van der Waals surface area contributed by atoms with Gasteiger partial charge in [-0.1, -0.05) is 48.5 Å². The molecule has 29 heavy (non-hydrogen) atoms. The van der Waals surface area contributed by atoms with Crippen molar-refractivity contribution in [2.75, 3.05) is 0 Å². The quantitative estimate of drug-likeness (QED) is 0.353. The summed E-state index contributed by atoms with van der Waals surface area (Å²) in [5.41, 5.74) is 4.61. The van der Waals surface area contributed by atoms with Gasteiger partial charge in [0, 0.05) is 34.9 Å². The molecule has 6 rings (SSSR count). The SMILES string of the molecule is c1ccc(-n2c3ccc(-c4cccnc4)cc3c3c4ccccc4ccc32)nc1. The van der Waals surface area contributed by atoms with E-state index < -0.39 is 0 Å². The Morgan fingerprint density at radius 3 is 2.38 bits per heavy atom. The third-order valence-corrected chi connectivity index (χ3v) is 5.53. The van der Waals surface area contributed by atoms with Crippen LogP contribution in [0.3, 0.4) is 0 Å². The molecule has 0 unspecified atom stereocenters. The van der Waals surface area contributed by atoms with Crippen LogP contribution in [-0.2, 0) is 0 Å². The van der Waals surface area contributed by atoms with Crippen molar-refractivity contribution in [2.24, 2.45) is 0 Å². The van der Waals surface area contributed by atoms with Gasteiger partial charge in [-0.3, -0.25) is 9.55 Å². The molecule has 136 valence electrons. The monoisotopic (exact) mass is 371 g/mol. The summed E-state index contributed by atoms with van der Waals surface area (Å²) >= 11 is 0. The van der Waals surface area contributed by atoms with E-state index in [0.29, 0.717) is 0 Å². The van der Waals surface area contributed by atoms with Crippen molar-refractivity contribution >= 4 is 32.6 Å². The Labute approximate surface area is 167 Å². The summed E-state index contributed by atoms with van der Waals surface area (Å²) in [6.45, 7) is 0. The molecule has 0 amide bonds. The number of rotatable bonds is 2. The molecule has 0 radical (unpaired) electrons. The van der Waals surface area contributed by atoms with E-state index in [9.17, 15) is 0 Å². The first-order valence-electron chi connectivity index (χ1n) is 9.68. The van der Waals surface area contributed by atoms with Crippen LogP contribution in [0.1, 0.15) is 0 Å². The van der Waals surface area contributed by atoms with Crippen molar-refractivity contribution in [1.82, 2.24) is 14.5 Å². The summed E-state index contributed by atoms with van der Waals surface area (Å²) in [6, 6.07) is 29.7. The molecule has 3 nitrogen and oxygen atoms in total. The minimum atomic E-state index is 0.928. The first-order chi connectivity index (χ1) is 14.4. The predicted octanol–water partition coefficient (Wildman–Crippen LogP) is 6.39. The Morgan fingerprint density at radius 1 is 0.621 bits per heavy atom. The van der Waals surface area contributed by atoms with Crippen molar-refractivity contribution in [3.05, 3.63) is 104 Å². The lowest BCUT2D eigenvalue weighted by atomic mass is 10.0. The van der Waals surface area contributed by atoms with Crippen molar-refractivity contribution in [3.63, 3.8) is 0 Å². The Bertz CT molecular complexity index is 1480. The van der Waals surface area contributed by atoms with Gasteiger partial charge in [-0.25, -0.2) is 4.98 Å². The maximum absolute atomic E-state index is 4.64. The minimum Gasteiger partial charge on any atom is -0.294 e. The smallest absolute Gasteiger partial charge is 0.137 e. The lowest BCUT2D eigenvalue weighted by Gasteiger charge is -2.07. The van der Waals surface area contributed by atoms with Crippen LogP contribution in [0.15, 0.2) is 104 Å². The molecule has 0 saturated heterocycles. The summed E-state index contributed by atoms with van der Waals surface area (Å²) in [5.74, 6) is 0.928. The molecule has 3 aromatic carbocycles. The summed E-state index contributed by atoms with van der Waals surface area (Å²) in [7, 11) is 0. The van der Waals surface area contributed by atoms with E-state index in [1.807, 2.05) is 36.8 Å². The van der Waals surface area contributed by atoms with Gasteiger partial charge in [0.1, 0.15) is 5.82 Å². The zero-order chi connectivity index (χ0) is 19.2. The molecule has 0 bridgehead atoms. The van der Waals surface area contributed by atoms with Crippen LogP contribution in [0.25, 0.3) is 49.5 Å². The molecule has 6 aromatic rings. The van der Waals surface area contributed by atoms with Crippen molar-refractivity contribution in [3.8, 4) is 16.9 Å². The molecule has 3 heterocycles. The van der Waals surface area contributed by atoms with Crippen LogP contribution < -0.4 is 0 Å². The van der Waals surface area contributed by atoms with E-state index in [1.54, 1.807) is 0 Å². The average Bonchev–Trinajstić information content (AvgIpc) is 3.14. The molecule has 0 saturated carbocycles. The number of hydrogen-bond donors (Lipinski definition) is 0. The third kappa shape index (κ3) is 2.44. The Balaban J connectivity index is 1.79. The average molecular weight is 371 g/mol. The summed E-state index contributed by atoms with van der Waals surface area (Å²) < 4.78 is 2.25. The Hall–Kier alpha value is -3.98. The second-order valence-electron chi connectivity index (χ2n) is 7.18. The normalized spacial score (nSPS) is 11.4. The molecule has 3 aromatic heterocycles. The second-order valence-corrected chi connectivity index (χ2v) is 7.18. The fourth-order valence-electron chi connectivity index (χ4n) is 4.24. The van der Waals surface area contributed by atoms with Gasteiger partial charge in [0.15, 0.2) is 0 Å². The van der Waals surface area contributed by atoms with Crippen LogP contribution in [0.5, 0.6) is 0 Å². The zero-order valence-corrected chi connectivity index (χ0v) is 15.7. The molecule has 0 fully saturated rings. The van der Waals surface area contributed by atoms with Crippen LogP contribution >= 0.6 is 0 Å². The van der Waals surface area contributed by atoms with E-state index in [-0.39, 0.29) is 0 Å². The molecule has 0 aliphatic rings. The molecule has 0 spiro atoms. The van der Waals surface area contributed by atoms with E-state index in [1.165, 1.54) is 32.6 Å². The second kappa shape index (κ2) is 6.28. The van der Waals surface area contributed by atoms with Gasteiger partial charge < -0.3 is 0 Å². The fraction of sp³-hybridized carbons (Fsp3) is 0. The first-order valence-corrected chi connectivity index (χ1v) is 9.68. The highest BCUT2D eigenvalue weighted by Crippen LogP contribution is 2.38. The van der Waals surface area contributed by atoms with Crippen molar-refractivity contribution < 1.29 is 0 Å². The zero-order valence-electron chi connectivity index (χ0n) is 15.7. The largest absolute Gasteiger partial charge is 0.294 e. The number of hydrogen-bond acceptors (Lipinski definition) is 2. The van der Waals surface area contributed by atoms with Gasteiger partial charge in [-0.2, -0.15) is 0 Å². The Kier molecular flexibility index (Phi) is 3.47. The van der Waals surface area contributed by atoms with Gasteiger partial charge >= 0.3 is 0 Å². The molecule has 0 aliphatic heterocycles. The van der Waals surface area contributed by atoms with E-state index in [2.05, 4.69) is 81.3 Å². The molecule has 0 aliphatic carbocycles. The number of pyridine rings is 2. The topological polar surface area (TPSA) is 30.7 Å². The van der Waals surface area contributed by atoms with Crippen LogP contribution in [0.2, 0.25) is 0 Å². The molecular weight excluding hydrogens is 354 g/mol. The first kappa shape index (κ1) is 16.0. The summed E-state index contributed by atoms with van der Waals surface area (Å²) in [6.07, 6.45) is 5.57. The van der Waals surface area contributed by atoms with E-state index in [0.717, 1.165) is 16.9 Å². The highest BCUT2D eigenvalue weighted by molar-refractivity contribution is 6.21. The van der Waals surface area contributed by atoms with Crippen LogP contribution in [-0.4, -0.2) is 14.5 Å². The molecular formula is C26H17N3. The maximum Gasteiger partial charge on any atom is 0.137 e. The number of aromatic nitrogens is 3. The van der Waals surface area contributed by atoms with Gasteiger partial charge in [-0.05, 0) is 52.7 Å². The van der Waals surface area contributed by atoms with Crippen LogP contribution in [0.4, 0.5) is 0 Å². The standard InChI is InChI=1S/C26H17N3/c1-2-8-21-18(6-1)10-13-24-26(21)22-16-19(20-7-5-14-27-17-20)11-12-23(22)29(24)25-9-3-4-15-28-25/h1-17H. The van der Waals surface area contributed by atoms with Crippen LogP contribution in [0, 0.1) is 0 Å². The van der Waals surface area contributed by atoms with Gasteiger partial charge in [0.05, 0.1) is 11.0 Å². The molecule has 3 heteroatoms. The molecule has 0 N–H and O–H groups in total. The summed E-state index contributed by atoms with van der Waals surface area (Å²) in [4.78, 5) is 8.93. The van der Waals surface area contributed by atoms with E-state index >= 15 is 0 Å². The molecule has 0 atom stereocenters. The number of fused-ring (bicyclic) bond motifs is 5. The highest BCUT2D eigenvalue weighted by atomic mass is 15.1. The lowest BCUT2D eigenvalue weighted by Crippen LogP contribution is -1.96. The van der Waals surface area contributed by atoms with Gasteiger partial charge in [-0.15, -0.1) is 0 Å². The minimum absolute atomic E-state index is 0.928. The summed E-state index contributed by atoms with van der Waals surface area (Å²) in [5, 5.41) is 4.98. The predicted molar refractivity (Wildman–Crippen MR) is 119 cm³/mol. The van der Waals surface area contributed by atoms with Gasteiger partial charge in [0.2, 0.25) is 0 Å². The number of benzene rings is 3. The van der Waals surface area contributed by atoms with Crippen molar-refractivity contribution in [1.29, 1.82) is 0 Å². The van der Waals surface area contributed by atoms with Crippen molar-refractivity contribution in [2.45, 2.75) is 0 Å². The highest BCUT2D eigenvalue weighted by Gasteiger charge is 2.16.